The number of hydrogen-bond acceptors (Lipinski definition) is 2. The lowest BCUT2D eigenvalue weighted by molar-refractivity contribution is 0.193. The number of nitrogens with zero attached hydrogens (tertiary/aromatic N) is 3. The lowest BCUT2D eigenvalue weighted by Crippen LogP contribution is -2.40. The summed E-state index contributed by atoms with van der Waals surface area (Å²) in [6, 6.07) is 0. The van der Waals surface area contributed by atoms with E-state index in [0.29, 0.717) is 4.83 Å². The van der Waals surface area contributed by atoms with Crippen LogP contribution in [-0.2, 0) is 13.5 Å². The second-order valence-corrected chi connectivity index (χ2v) is 6.03. The number of likely N-dealkylation sites (tertiary alicyclic amines) is 1. The lowest BCUT2D eigenvalue weighted by atomic mass is 10.00. The highest BCUT2D eigenvalue weighted by Crippen LogP contribution is 2.23. The van der Waals surface area contributed by atoms with Gasteiger partial charge in [0.1, 0.15) is 0 Å². The summed E-state index contributed by atoms with van der Waals surface area (Å²) in [5.74, 6) is 0.766. The van der Waals surface area contributed by atoms with Crippen LogP contribution in [-0.4, -0.2) is 39.1 Å². The Bertz CT molecular complexity index is 337. The molecule has 2 heterocycles. The largest absolute Gasteiger partial charge is 0.303 e. The Morgan fingerprint density at radius 1 is 1.56 bits per heavy atom. The molecule has 1 aromatic heterocycles. The minimum absolute atomic E-state index is 0.710. The minimum Gasteiger partial charge on any atom is -0.303 e. The second-order valence-electron chi connectivity index (χ2n) is 4.85. The van der Waals surface area contributed by atoms with Gasteiger partial charge in [-0.15, -0.1) is 0 Å². The van der Waals surface area contributed by atoms with Gasteiger partial charge in [-0.1, -0.05) is 22.9 Å². The Balaban J connectivity index is 1.78. The lowest BCUT2D eigenvalue weighted by Gasteiger charge is -2.34. The molecule has 0 spiro atoms. The average molecular weight is 286 g/mol. The molecule has 2 rings (SSSR count). The number of alkyl halides is 1. The van der Waals surface area contributed by atoms with E-state index in [4.69, 9.17) is 0 Å². The minimum atomic E-state index is 0.710. The summed E-state index contributed by atoms with van der Waals surface area (Å²) in [5, 5.41) is 4.20. The van der Waals surface area contributed by atoms with E-state index in [2.05, 4.69) is 39.0 Å². The standard InChI is InChI=1S/C12H20BrN3/c1-10-8-16(6-4-12(10)13)5-3-11-7-14-15(2)9-11/h7,9-10,12H,3-6,8H2,1-2H3. The van der Waals surface area contributed by atoms with Crippen molar-refractivity contribution in [2.45, 2.75) is 24.6 Å². The molecule has 0 N–H and O–H groups in total. The fraction of sp³-hybridized carbons (Fsp3) is 0.750. The van der Waals surface area contributed by atoms with Gasteiger partial charge in [0, 0.05) is 31.2 Å². The molecule has 1 saturated heterocycles. The summed E-state index contributed by atoms with van der Waals surface area (Å²) in [7, 11) is 1.97. The van der Waals surface area contributed by atoms with Crippen molar-refractivity contribution in [3.63, 3.8) is 0 Å². The van der Waals surface area contributed by atoms with Gasteiger partial charge < -0.3 is 4.90 Å². The van der Waals surface area contributed by atoms with Gasteiger partial charge >= 0.3 is 0 Å². The molecule has 0 radical (unpaired) electrons. The molecule has 0 aliphatic carbocycles. The maximum Gasteiger partial charge on any atom is 0.0522 e. The van der Waals surface area contributed by atoms with Crippen LogP contribution in [0, 0.1) is 5.92 Å². The van der Waals surface area contributed by atoms with Crippen molar-refractivity contribution in [1.82, 2.24) is 14.7 Å². The van der Waals surface area contributed by atoms with E-state index < -0.39 is 0 Å². The molecule has 90 valence electrons. The molecule has 1 aromatic rings. The van der Waals surface area contributed by atoms with E-state index in [9.17, 15) is 0 Å². The zero-order valence-corrected chi connectivity index (χ0v) is 11.7. The first-order chi connectivity index (χ1) is 7.65. The van der Waals surface area contributed by atoms with Crippen molar-refractivity contribution in [2.75, 3.05) is 19.6 Å². The van der Waals surface area contributed by atoms with Gasteiger partial charge in [0.2, 0.25) is 0 Å². The maximum absolute atomic E-state index is 4.20. The molecular formula is C12H20BrN3. The molecule has 3 nitrogen and oxygen atoms in total. The first-order valence-electron chi connectivity index (χ1n) is 5.99. The van der Waals surface area contributed by atoms with Crippen LogP contribution in [0.4, 0.5) is 0 Å². The smallest absolute Gasteiger partial charge is 0.0522 e. The van der Waals surface area contributed by atoms with E-state index in [-0.39, 0.29) is 0 Å². The molecule has 2 unspecified atom stereocenters. The van der Waals surface area contributed by atoms with Crippen LogP contribution < -0.4 is 0 Å². The number of aryl methyl sites for hydroxylation is 1. The molecule has 1 aliphatic heterocycles. The molecule has 0 saturated carbocycles. The summed E-state index contributed by atoms with van der Waals surface area (Å²) in [4.78, 5) is 3.28. The normalized spacial score (nSPS) is 27.2. The Morgan fingerprint density at radius 2 is 2.38 bits per heavy atom. The van der Waals surface area contributed by atoms with E-state index in [1.807, 2.05) is 17.9 Å². The predicted molar refractivity (Wildman–Crippen MR) is 69.8 cm³/mol. The second kappa shape index (κ2) is 5.32. The van der Waals surface area contributed by atoms with Crippen LogP contribution in [0.15, 0.2) is 12.4 Å². The van der Waals surface area contributed by atoms with Crippen LogP contribution >= 0.6 is 15.9 Å². The summed E-state index contributed by atoms with van der Waals surface area (Å²) < 4.78 is 1.88. The van der Waals surface area contributed by atoms with Crippen molar-refractivity contribution in [1.29, 1.82) is 0 Å². The van der Waals surface area contributed by atoms with Gasteiger partial charge in [0.25, 0.3) is 0 Å². The molecule has 16 heavy (non-hydrogen) atoms. The summed E-state index contributed by atoms with van der Waals surface area (Å²) in [5.41, 5.74) is 1.34. The van der Waals surface area contributed by atoms with Crippen molar-refractivity contribution in [3.8, 4) is 0 Å². The average Bonchev–Trinajstić information content (AvgIpc) is 2.66. The fourth-order valence-corrected chi connectivity index (χ4v) is 2.67. The molecule has 1 aliphatic rings. The van der Waals surface area contributed by atoms with Gasteiger partial charge in [0.15, 0.2) is 0 Å². The van der Waals surface area contributed by atoms with Crippen LogP contribution in [0.3, 0.4) is 0 Å². The van der Waals surface area contributed by atoms with E-state index in [1.54, 1.807) is 0 Å². The van der Waals surface area contributed by atoms with Crippen molar-refractivity contribution in [2.24, 2.45) is 13.0 Å². The Morgan fingerprint density at radius 3 is 3.00 bits per heavy atom. The molecular weight excluding hydrogens is 266 g/mol. The van der Waals surface area contributed by atoms with Crippen LogP contribution in [0.1, 0.15) is 18.9 Å². The Labute approximate surface area is 106 Å². The number of halogens is 1. The van der Waals surface area contributed by atoms with Crippen LogP contribution in [0.25, 0.3) is 0 Å². The van der Waals surface area contributed by atoms with Crippen LogP contribution in [0.2, 0.25) is 0 Å². The van der Waals surface area contributed by atoms with Gasteiger partial charge in [-0.3, -0.25) is 4.68 Å². The molecule has 2 atom stereocenters. The van der Waals surface area contributed by atoms with E-state index >= 15 is 0 Å². The van der Waals surface area contributed by atoms with Gasteiger partial charge in [-0.2, -0.15) is 5.10 Å². The summed E-state index contributed by atoms with van der Waals surface area (Å²) in [6.45, 7) is 5.93. The molecule has 0 bridgehead atoms. The SMILES string of the molecule is CC1CN(CCc2cnn(C)c2)CCC1Br. The molecule has 0 amide bonds. The first kappa shape index (κ1) is 12.1. The number of hydrogen-bond donors (Lipinski definition) is 0. The van der Waals surface area contributed by atoms with Gasteiger partial charge in [-0.25, -0.2) is 0 Å². The van der Waals surface area contributed by atoms with E-state index in [1.165, 1.54) is 25.1 Å². The number of rotatable bonds is 3. The highest BCUT2D eigenvalue weighted by Gasteiger charge is 2.23. The highest BCUT2D eigenvalue weighted by molar-refractivity contribution is 9.09. The van der Waals surface area contributed by atoms with Gasteiger partial charge in [0.05, 0.1) is 6.20 Å². The topological polar surface area (TPSA) is 21.1 Å². The number of piperidine rings is 1. The van der Waals surface area contributed by atoms with Crippen molar-refractivity contribution < 1.29 is 0 Å². The van der Waals surface area contributed by atoms with Crippen molar-refractivity contribution >= 4 is 15.9 Å². The van der Waals surface area contributed by atoms with Gasteiger partial charge in [-0.05, 0) is 30.9 Å². The highest BCUT2D eigenvalue weighted by atomic mass is 79.9. The fourth-order valence-electron chi connectivity index (χ4n) is 2.29. The zero-order chi connectivity index (χ0) is 11.5. The summed E-state index contributed by atoms with van der Waals surface area (Å²) in [6.07, 6.45) is 6.48. The quantitative estimate of drug-likeness (QED) is 0.793. The molecule has 0 aromatic carbocycles. The van der Waals surface area contributed by atoms with Crippen molar-refractivity contribution in [3.05, 3.63) is 18.0 Å². The third-order valence-corrected chi connectivity index (χ3v) is 4.72. The first-order valence-corrected chi connectivity index (χ1v) is 6.90. The molecule has 4 heteroatoms. The monoisotopic (exact) mass is 285 g/mol. The zero-order valence-electron chi connectivity index (χ0n) is 10.1. The Hall–Kier alpha value is -0.350. The van der Waals surface area contributed by atoms with Crippen LogP contribution in [0.5, 0.6) is 0 Å². The predicted octanol–water partition coefficient (Wildman–Crippen LogP) is 2.07. The third kappa shape index (κ3) is 3.08. The molecule has 1 fully saturated rings. The summed E-state index contributed by atoms with van der Waals surface area (Å²) >= 11 is 3.74. The van der Waals surface area contributed by atoms with E-state index in [0.717, 1.165) is 18.9 Å². The number of aromatic nitrogens is 2. The Kier molecular flexibility index (Phi) is 4.03. The third-order valence-electron chi connectivity index (χ3n) is 3.36. The maximum atomic E-state index is 4.20.